The van der Waals surface area contributed by atoms with Crippen LogP contribution in [0.2, 0.25) is 0 Å². The topological polar surface area (TPSA) is 41.9 Å². The highest BCUT2D eigenvalue weighted by Gasteiger charge is 2.50. The number of rotatable bonds is 5. The molecule has 4 heteroatoms. The minimum Gasteiger partial charge on any atom is -0.497 e. The number of benzene rings is 2. The van der Waals surface area contributed by atoms with E-state index in [2.05, 4.69) is 17.0 Å². The monoisotopic (exact) mass is 367 g/mol. The first-order valence-corrected chi connectivity index (χ1v) is 9.85. The molecule has 2 aromatic carbocycles. The summed E-state index contributed by atoms with van der Waals surface area (Å²) in [5.41, 5.74) is 1.44. The number of para-hydroxylation sites is 1. The number of likely N-dealkylation sites (tertiary alicyclic amines) is 1. The van der Waals surface area contributed by atoms with Gasteiger partial charge in [0.15, 0.2) is 0 Å². The third-order valence-corrected chi connectivity index (χ3v) is 6.40. The minimum atomic E-state index is -0.801. The largest absolute Gasteiger partial charge is 0.497 e. The molecule has 3 unspecified atom stereocenters. The summed E-state index contributed by atoms with van der Waals surface area (Å²) in [7, 11) is 3.38. The molecule has 27 heavy (non-hydrogen) atoms. The van der Waals surface area contributed by atoms with Crippen molar-refractivity contribution in [2.45, 2.75) is 31.4 Å². The molecule has 0 bridgehead atoms. The fourth-order valence-corrected chi connectivity index (χ4v) is 5.07. The van der Waals surface area contributed by atoms with Crippen LogP contribution in [0, 0.1) is 11.8 Å². The Morgan fingerprint density at radius 3 is 2.56 bits per heavy atom. The van der Waals surface area contributed by atoms with E-state index in [0.717, 1.165) is 49.5 Å². The predicted octanol–water partition coefficient (Wildman–Crippen LogP) is 3.82. The van der Waals surface area contributed by atoms with E-state index in [0.29, 0.717) is 5.92 Å². The SMILES string of the molecule is COc1ccc(CN2CC3CCCC(O)(c4ccccc4OC)C3C2)cc1. The molecule has 2 fully saturated rings. The number of hydrogen-bond acceptors (Lipinski definition) is 4. The van der Waals surface area contributed by atoms with Crippen molar-refractivity contribution in [2.24, 2.45) is 11.8 Å². The molecule has 4 nitrogen and oxygen atoms in total. The van der Waals surface area contributed by atoms with Crippen LogP contribution in [0.3, 0.4) is 0 Å². The first-order valence-electron chi connectivity index (χ1n) is 9.85. The lowest BCUT2D eigenvalue weighted by molar-refractivity contribution is -0.0662. The Bertz CT molecular complexity index is 775. The molecule has 1 heterocycles. The molecule has 1 N–H and O–H groups in total. The third kappa shape index (κ3) is 3.44. The minimum absolute atomic E-state index is 0.251. The van der Waals surface area contributed by atoms with Gasteiger partial charge in [0.05, 0.1) is 19.8 Å². The van der Waals surface area contributed by atoms with Gasteiger partial charge >= 0.3 is 0 Å². The predicted molar refractivity (Wildman–Crippen MR) is 106 cm³/mol. The normalized spacial score (nSPS) is 28.0. The second-order valence-electron chi connectivity index (χ2n) is 7.93. The van der Waals surface area contributed by atoms with Crippen LogP contribution >= 0.6 is 0 Å². The summed E-state index contributed by atoms with van der Waals surface area (Å²) in [4.78, 5) is 2.49. The van der Waals surface area contributed by atoms with Crippen LogP contribution in [0.15, 0.2) is 48.5 Å². The van der Waals surface area contributed by atoms with E-state index in [-0.39, 0.29) is 5.92 Å². The van der Waals surface area contributed by atoms with E-state index < -0.39 is 5.60 Å². The Morgan fingerprint density at radius 2 is 1.81 bits per heavy atom. The van der Waals surface area contributed by atoms with Crippen molar-refractivity contribution in [2.75, 3.05) is 27.3 Å². The van der Waals surface area contributed by atoms with E-state index >= 15 is 0 Å². The van der Waals surface area contributed by atoms with Crippen LogP contribution in [0.1, 0.15) is 30.4 Å². The highest BCUT2D eigenvalue weighted by atomic mass is 16.5. The lowest BCUT2D eigenvalue weighted by Crippen LogP contribution is -2.43. The molecule has 2 aliphatic rings. The molecule has 1 aliphatic carbocycles. The van der Waals surface area contributed by atoms with Crippen LogP contribution in [0.25, 0.3) is 0 Å². The molecular formula is C23H29NO3. The molecule has 4 rings (SSSR count). The van der Waals surface area contributed by atoms with Gasteiger partial charge < -0.3 is 14.6 Å². The van der Waals surface area contributed by atoms with Crippen LogP contribution < -0.4 is 9.47 Å². The van der Waals surface area contributed by atoms with E-state index in [1.165, 1.54) is 12.0 Å². The smallest absolute Gasteiger partial charge is 0.124 e. The molecule has 1 saturated carbocycles. The zero-order chi connectivity index (χ0) is 18.9. The molecule has 0 spiro atoms. The van der Waals surface area contributed by atoms with Crippen molar-refractivity contribution in [3.8, 4) is 11.5 Å². The summed E-state index contributed by atoms with van der Waals surface area (Å²) >= 11 is 0. The molecule has 1 saturated heterocycles. The first-order chi connectivity index (χ1) is 13.1. The average Bonchev–Trinajstić information content (AvgIpc) is 3.13. The van der Waals surface area contributed by atoms with Crippen LogP contribution in [-0.4, -0.2) is 37.3 Å². The van der Waals surface area contributed by atoms with Crippen LogP contribution in [-0.2, 0) is 12.1 Å². The number of fused-ring (bicyclic) bond motifs is 1. The number of methoxy groups -OCH3 is 2. The maximum Gasteiger partial charge on any atom is 0.124 e. The second-order valence-corrected chi connectivity index (χ2v) is 7.93. The third-order valence-electron chi connectivity index (χ3n) is 6.40. The van der Waals surface area contributed by atoms with Gasteiger partial charge in [-0.2, -0.15) is 0 Å². The van der Waals surface area contributed by atoms with Gasteiger partial charge in [-0.3, -0.25) is 4.90 Å². The van der Waals surface area contributed by atoms with E-state index in [1.807, 2.05) is 36.4 Å². The van der Waals surface area contributed by atoms with Crippen molar-refractivity contribution < 1.29 is 14.6 Å². The lowest BCUT2D eigenvalue weighted by Gasteiger charge is -2.42. The quantitative estimate of drug-likeness (QED) is 0.872. The zero-order valence-electron chi connectivity index (χ0n) is 16.2. The maximum atomic E-state index is 11.8. The second kappa shape index (κ2) is 7.53. The Hall–Kier alpha value is -2.04. The molecule has 0 aromatic heterocycles. The fraction of sp³-hybridized carbons (Fsp3) is 0.478. The van der Waals surface area contributed by atoms with Gasteiger partial charge in [0.2, 0.25) is 0 Å². The number of nitrogens with zero attached hydrogens (tertiary/aromatic N) is 1. The number of aliphatic hydroxyl groups is 1. The van der Waals surface area contributed by atoms with Crippen molar-refractivity contribution >= 4 is 0 Å². The average molecular weight is 367 g/mol. The number of hydrogen-bond donors (Lipinski definition) is 1. The van der Waals surface area contributed by atoms with Gasteiger partial charge in [-0.1, -0.05) is 30.3 Å². The molecule has 0 radical (unpaired) electrons. The van der Waals surface area contributed by atoms with Crippen LogP contribution in [0.4, 0.5) is 0 Å². The standard InChI is InChI=1S/C23H29NO3/c1-26-19-11-9-17(10-12-19)14-24-15-18-6-5-13-23(25,21(18)16-24)20-7-3-4-8-22(20)27-2/h3-4,7-12,18,21,25H,5-6,13-16H2,1-2H3. The highest BCUT2D eigenvalue weighted by Crippen LogP contribution is 2.50. The number of ether oxygens (including phenoxy) is 2. The lowest BCUT2D eigenvalue weighted by atomic mass is 9.67. The summed E-state index contributed by atoms with van der Waals surface area (Å²) in [5, 5.41) is 11.8. The van der Waals surface area contributed by atoms with Gasteiger partial charge in [0.1, 0.15) is 11.5 Å². The summed E-state index contributed by atoms with van der Waals surface area (Å²) in [6.07, 6.45) is 3.07. The van der Waals surface area contributed by atoms with Gasteiger partial charge in [-0.05, 0) is 48.9 Å². The van der Waals surface area contributed by atoms with Gasteiger partial charge in [-0.15, -0.1) is 0 Å². The molecular weight excluding hydrogens is 338 g/mol. The molecule has 2 aromatic rings. The Morgan fingerprint density at radius 1 is 1.04 bits per heavy atom. The molecule has 3 atom stereocenters. The maximum absolute atomic E-state index is 11.8. The fourth-order valence-electron chi connectivity index (χ4n) is 5.07. The van der Waals surface area contributed by atoms with Crippen LogP contribution in [0.5, 0.6) is 11.5 Å². The van der Waals surface area contributed by atoms with Crippen molar-refractivity contribution in [3.05, 3.63) is 59.7 Å². The van der Waals surface area contributed by atoms with Crippen molar-refractivity contribution in [1.29, 1.82) is 0 Å². The summed E-state index contributed by atoms with van der Waals surface area (Å²) in [6, 6.07) is 16.3. The Balaban J connectivity index is 1.54. The summed E-state index contributed by atoms with van der Waals surface area (Å²) in [5.74, 6) is 2.47. The Kier molecular flexibility index (Phi) is 5.11. The zero-order valence-corrected chi connectivity index (χ0v) is 16.2. The first kappa shape index (κ1) is 18.3. The molecule has 0 amide bonds. The van der Waals surface area contributed by atoms with E-state index in [1.54, 1.807) is 14.2 Å². The Labute approximate surface area is 161 Å². The summed E-state index contributed by atoms with van der Waals surface area (Å²) in [6.45, 7) is 2.89. The van der Waals surface area contributed by atoms with Crippen molar-refractivity contribution in [1.82, 2.24) is 4.90 Å². The van der Waals surface area contributed by atoms with E-state index in [9.17, 15) is 5.11 Å². The van der Waals surface area contributed by atoms with Gasteiger partial charge in [0.25, 0.3) is 0 Å². The van der Waals surface area contributed by atoms with Gasteiger partial charge in [0, 0.05) is 31.1 Å². The van der Waals surface area contributed by atoms with Gasteiger partial charge in [-0.25, -0.2) is 0 Å². The van der Waals surface area contributed by atoms with Crippen molar-refractivity contribution in [3.63, 3.8) is 0 Å². The van der Waals surface area contributed by atoms with E-state index in [4.69, 9.17) is 9.47 Å². The highest BCUT2D eigenvalue weighted by molar-refractivity contribution is 5.39. The molecule has 1 aliphatic heterocycles. The molecule has 144 valence electrons. The summed E-state index contributed by atoms with van der Waals surface area (Å²) < 4.78 is 10.8.